The standard InChI is InChI=1S/C16H20FN5O/c1-11-4-5-12(8-14(11)17)16(23)19-7-6-18-15-9-13(22(2)3)10-20-21-15/h4-5,8-10H,6-7H2,1-3H3,(H,18,21)(H,19,23). The maximum Gasteiger partial charge on any atom is 0.251 e. The molecule has 0 aliphatic rings. The summed E-state index contributed by atoms with van der Waals surface area (Å²) in [7, 11) is 3.84. The number of nitrogens with one attached hydrogen (secondary N) is 2. The molecule has 1 amide bonds. The summed E-state index contributed by atoms with van der Waals surface area (Å²) >= 11 is 0. The van der Waals surface area contributed by atoms with Crippen LogP contribution in [-0.4, -0.2) is 43.3 Å². The van der Waals surface area contributed by atoms with E-state index in [1.54, 1.807) is 25.3 Å². The van der Waals surface area contributed by atoms with Crippen LogP contribution in [0, 0.1) is 12.7 Å². The molecule has 6 nitrogen and oxygen atoms in total. The Balaban J connectivity index is 1.82. The Morgan fingerprint density at radius 2 is 2.04 bits per heavy atom. The van der Waals surface area contributed by atoms with Crippen LogP contribution in [0.15, 0.2) is 30.5 Å². The first-order valence-corrected chi connectivity index (χ1v) is 7.25. The maximum absolute atomic E-state index is 13.4. The van der Waals surface area contributed by atoms with E-state index in [0.29, 0.717) is 30.0 Å². The van der Waals surface area contributed by atoms with Crippen LogP contribution in [0.3, 0.4) is 0 Å². The number of carbonyl (C=O) groups excluding carboxylic acids is 1. The summed E-state index contributed by atoms with van der Waals surface area (Å²) in [5.41, 5.74) is 1.76. The molecule has 0 bridgehead atoms. The highest BCUT2D eigenvalue weighted by molar-refractivity contribution is 5.94. The van der Waals surface area contributed by atoms with Gasteiger partial charge in [-0.15, -0.1) is 5.10 Å². The number of hydrogen-bond acceptors (Lipinski definition) is 5. The predicted molar refractivity (Wildman–Crippen MR) is 88.3 cm³/mol. The third-order valence-corrected chi connectivity index (χ3v) is 3.31. The summed E-state index contributed by atoms with van der Waals surface area (Å²) in [6.45, 7) is 2.54. The van der Waals surface area contributed by atoms with Crippen LogP contribution >= 0.6 is 0 Å². The zero-order valence-corrected chi connectivity index (χ0v) is 13.4. The SMILES string of the molecule is Cc1ccc(C(=O)NCCNc2cc(N(C)C)cnn2)cc1F. The summed E-state index contributed by atoms with van der Waals surface area (Å²) in [5, 5.41) is 13.7. The van der Waals surface area contributed by atoms with Crippen molar-refractivity contribution in [1.82, 2.24) is 15.5 Å². The first-order chi connectivity index (χ1) is 11.0. The van der Waals surface area contributed by atoms with E-state index < -0.39 is 0 Å². The van der Waals surface area contributed by atoms with Gasteiger partial charge in [-0.05, 0) is 24.6 Å². The zero-order valence-electron chi connectivity index (χ0n) is 13.4. The number of hydrogen-bond donors (Lipinski definition) is 2. The van der Waals surface area contributed by atoms with E-state index in [9.17, 15) is 9.18 Å². The third-order valence-electron chi connectivity index (χ3n) is 3.31. The van der Waals surface area contributed by atoms with Crippen molar-refractivity contribution in [2.75, 3.05) is 37.4 Å². The second-order valence-corrected chi connectivity index (χ2v) is 5.34. The highest BCUT2D eigenvalue weighted by atomic mass is 19.1. The Morgan fingerprint density at radius 1 is 1.26 bits per heavy atom. The number of carbonyl (C=O) groups is 1. The minimum atomic E-state index is -0.383. The molecule has 0 fully saturated rings. The molecule has 0 saturated carbocycles. The summed E-state index contributed by atoms with van der Waals surface area (Å²) in [4.78, 5) is 13.8. The number of aromatic nitrogens is 2. The largest absolute Gasteiger partial charge is 0.376 e. The van der Waals surface area contributed by atoms with Crippen molar-refractivity contribution in [1.29, 1.82) is 0 Å². The summed E-state index contributed by atoms with van der Waals surface area (Å²) in [6, 6.07) is 6.30. The van der Waals surface area contributed by atoms with Crippen LogP contribution in [0.25, 0.3) is 0 Å². The van der Waals surface area contributed by atoms with E-state index in [1.807, 2.05) is 25.1 Å². The molecular weight excluding hydrogens is 297 g/mol. The lowest BCUT2D eigenvalue weighted by molar-refractivity contribution is 0.0954. The topological polar surface area (TPSA) is 70.2 Å². The van der Waals surface area contributed by atoms with Crippen molar-refractivity contribution in [3.05, 3.63) is 47.4 Å². The van der Waals surface area contributed by atoms with Crippen molar-refractivity contribution < 1.29 is 9.18 Å². The molecular formula is C16H20FN5O. The zero-order chi connectivity index (χ0) is 16.8. The van der Waals surface area contributed by atoms with Gasteiger partial charge in [0, 0.05) is 38.8 Å². The average Bonchev–Trinajstić information content (AvgIpc) is 2.54. The smallest absolute Gasteiger partial charge is 0.251 e. The van der Waals surface area contributed by atoms with Gasteiger partial charge in [0.2, 0.25) is 0 Å². The van der Waals surface area contributed by atoms with Crippen LogP contribution in [0.2, 0.25) is 0 Å². The number of anilines is 2. The molecule has 0 atom stereocenters. The number of halogens is 1. The first-order valence-electron chi connectivity index (χ1n) is 7.25. The van der Waals surface area contributed by atoms with Crippen molar-refractivity contribution >= 4 is 17.4 Å². The van der Waals surface area contributed by atoms with Crippen molar-refractivity contribution in [3.8, 4) is 0 Å². The normalized spacial score (nSPS) is 10.3. The molecule has 0 unspecified atom stereocenters. The average molecular weight is 317 g/mol. The summed E-state index contributed by atoms with van der Waals surface area (Å²) in [5.74, 6) is -0.0581. The Labute approximate surface area is 134 Å². The Hall–Kier alpha value is -2.70. The molecule has 2 rings (SSSR count). The van der Waals surface area contributed by atoms with Gasteiger partial charge in [-0.25, -0.2) is 4.39 Å². The van der Waals surface area contributed by atoms with Crippen LogP contribution in [-0.2, 0) is 0 Å². The van der Waals surface area contributed by atoms with E-state index in [-0.39, 0.29) is 11.7 Å². The molecule has 0 saturated heterocycles. The van der Waals surface area contributed by atoms with Crippen LogP contribution in [0.1, 0.15) is 15.9 Å². The second kappa shape index (κ2) is 7.53. The van der Waals surface area contributed by atoms with Crippen LogP contribution in [0.4, 0.5) is 15.9 Å². The third kappa shape index (κ3) is 4.64. The lowest BCUT2D eigenvalue weighted by atomic mass is 10.1. The van der Waals surface area contributed by atoms with Gasteiger partial charge in [-0.2, -0.15) is 5.10 Å². The number of nitrogens with zero attached hydrogens (tertiary/aromatic N) is 3. The van der Waals surface area contributed by atoms with Crippen molar-refractivity contribution in [3.63, 3.8) is 0 Å². The van der Waals surface area contributed by atoms with Gasteiger partial charge in [-0.1, -0.05) is 6.07 Å². The molecule has 0 aliphatic carbocycles. The molecule has 23 heavy (non-hydrogen) atoms. The minimum Gasteiger partial charge on any atom is -0.376 e. The number of aryl methyl sites for hydroxylation is 1. The van der Waals surface area contributed by atoms with Gasteiger partial charge in [-0.3, -0.25) is 4.79 Å². The van der Waals surface area contributed by atoms with Crippen LogP contribution in [0.5, 0.6) is 0 Å². The van der Waals surface area contributed by atoms with Crippen molar-refractivity contribution in [2.45, 2.75) is 6.92 Å². The lowest BCUT2D eigenvalue weighted by Gasteiger charge is -2.13. The first kappa shape index (κ1) is 16.7. The van der Waals surface area contributed by atoms with Gasteiger partial charge in [0.25, 0.3) is 5.91 Å². The van der Waals surface area contributed by atoms with Gasteiger partial charge in [0.1, 0.15) is 5.82 Å². The van der Waals surface area contributed by atoms with Crippen molar-refractivity contribution in [2.24, 2.45) is 0 Å². The molecule has 1 heterocycles. The fourth-order valence-electron chi connectivity index (χ4n) is 1.89. The molecule has 0 aliphatic heterocycles. The van der Waals surface area contributed by atoms with E-state index in [0.717, 1.165) is 5.69 Å². The molecule has 1 aromatic heterocycles. The second-order valence-electron chi connectivity index (χ2n) is 5.34. The molecule has 2 N–H and O–H groups in total. The summed E-state index contributed by atoms with van der Waals surface area (Å²) < 4.78 is 13.4. The molecule has 1 aromatic carbocycles. The molecule has 7 heteroatoms. The number of rotatable bonds is 6. The van der Waals surface area contributed by atoms with Gasteiger partial charge in [0.05, 0.1) is 11.9 Å². The van der Waals surface area contributed by atoms with E-state index in [4.69, 9.17) is 0 Å². The molecule has 2 aromatic rings. The quantitative estimate of drug-likeness (QED) is 0.796. The Morgan fingerprint density at radius 3 is 2.74 bits per heavy atom. The minimum absolute atomic E-state index is 0.307. The molecule has 0 spiro atoms. The predicted octanol–water partition coefficient (Wildman–Crippen LogP) is 1.83. The maximum atomic E-state index is 13.4. The highest BCUT2D eigenvalue weighted by Gasteiger charge is 2.07. The fraction of sp³-hybridized carbons (Fsp3) is 0.312. The fourth-order valence-corrected chi connectivity index (χ4v) is 1.89. The summed E-state index contributed by atoms with van der Waals surface area (Å²) in [6.07, 6.45) is 1.67. The molecule has 122 valence electrons. The van der Waals surface area contributed by atoms with E-state index in [1.165, 1.54) is 6.07 Å². The van der Waals surface area contributed by atoms with Gasteiger partial charge < -0.3 is 15.5 Å². The highest BCUT2D eigenvalue weighted by Crippen LogP contribution is 2.12. The van der Waals surface area contributed by atoms with Gasteiger partial charge >= 0.3 is 0 Å². The van der Waals surface area contributed by atoms with Crippen LogP contribution < -0.4 is 15.5 Å². The number of amides is 1. The monoisotopic (exact) mass is 317 g/mol. The van der Waals surface area contributed by atoms with E-state index >= 15 is 0 Å². The Kier molecular flexibility index (Phi) is 5.46. The lowest BCUT2D eigenvalue weighted by Crippen LogP contribution is -2.29. The Bertz CT molecular complexity index is 690. The molecule has 0 radical (unpaired) electrons. The number of benzene rings is 1. The van der Waals surface area contributed by atoms with E-state index in [2.05, 4.69) is 20.8 Å². The van der Waals surface area contributed by atoms with Gasteiger partial charge in [0.15, 0.2) is 5.82 Å².